The zero-order valence-electron chi connectivity index (χ0n) is 20.3. The Kier molecular flexibility index (Phi) is 6.87. The SMILES string of the molecule is C[C@H](CNS(C)(=O)=O)C1CCC2C3CCC4C[C@@H](NCCN)CC[C@]4(C)C3CC[C@@]21C. The van der Waals surface area contributed by atoms with E-state index < -0.39 is 10.0 Å². The van der Waals surface area contributed by atoms with E-state index in [-0.39, 0.29) is 0 Å². The van der Waals surface area contributed by atoms with E-state index in [4.69, 9.17) is 5.73 Å². The number of hydrogen-bond acceptors (Lipinski definition) is 4. The van der Waals surface area contributed by atoms with Crippen molar-refractivity contribution in [2.75, 3.05) is 25.9 Å². The first-order valence-electron chi connectivity index (χ1n) is 13.0. The van der Waals surface area contributed by atoms with Crippen LogP contribution in [0.1, 0.15) is 78.6 Å². The molecule has 5 nitrogen and oxygen atoms in total. The molecule has 6 heteroatoms. The summed E-state index contributed by atoms with van der Waals surface area (Å²) >= 11 is 0. The average molecular weight is 454 g/mol. The van der Waals surface area contributed by atoms with Crippen LogP contribution >= 0.6 is 0 Å². The van der Waals surface area contributed by atoms with Gasteiger partial charge in [-0.05, 0) is 104 Å². The van der Waals surface area contributed by atoms with Crippen LogP contribution in [0.2, 0.25) is 0 Å². The van der Waals surface area contributed by atoms with E-state index in [1.807, 2.05) is 0 Å². The van der Waals surface area contributed by atoms with Crippen LogP contribution in [0.4, 0.5) is 0 Å². The molecule has 0 bridgehead atoms. The van der Waals surface area contributed by atoms with Gasteiger partial charge in [0.1, 0.15) is 0 Å². The molecule has 0 amide bonds. The molecule has 0 aromatic heterocycles. The lowest BCUT2D eigenvalue weighted by Gasteiger charge is -2.61. The topological polar surface area (TPSA) is 84.2 Å². The molecule has 0 heterocycles. The van der Waals surface area contributed by atoms with Crippen molar-refractivity contribution in [3.05, 3.63) is 0 Å². The smallest absolute Gasteiger partial charge is 0.208 e. The van der Waals surface area contributed by atoms with Crippen molar-refractivity contribution in [3.8, 4) is 0 Å². The van der Waals surface area contributed by atoms with E-state index in [2.05, 4.69) is 30.8 Å². The Hall–Kier alpha value is -0.170. The molecule has 180 valence electrons. The van der Waals surface area contributed by atoms with Crippen molar-refractivity contribution in [3.63, 3.8) is 0 Å². The minimum Gasteiger partial charge on any atom is -0.329 e. The van der Waals surface area contributed by atoms with E-state index in [0.29, 0.717) is 35.3 Å². The molecule has 9 atom stereocenters. The van der Waals surface area contributed by atoms with E-state index in [1.165, 1.54) is 64.0 Å². The fourth-order valence-corrected chi connectivity index (χ4v) is 9.70. The Morgan fingerprint density at radius 3 is 2.42 bits per heavy atom. The van der Waals surface area contributed by atoms with Crippen LogP contribution in [-0.4, -0.2) is 40.3 Å². The average Bonchev–Trinajstić information content (AvgIpc) is 3.07. The molecule has 4 saturated carbocycles. The molecule has 4 aliphatic rings. The van der Waals surface area contributed by atoms with Gasteiger partial charge >= 0.3 is 0 Å². The second kappa shape index (κ2) is 8.88. The van der Waals surface area contributed by atoms with Crippen LogP contribution in [0.3, 0.4) is 0 Å². The monoisotopic (exact) mass is 453 g/mol. The van der Waals surface area contributed by atoms with Gasteiger partial charge in [-0.25, -0.2) is 13.1 Å². The van der Waals surface area contributed by atoms with Crippen LogP contribution in [0.25, 0.3) is 0 Å². The number of sulfonamides is 1. The Morgan fingerprint density at radius 2 is 1.71 bits per heavy atom. The normalized spacial score (nSPS) is 46.1. The Labute approximate surface area is 191 Å². The van der Waals surface area contributed by atoms with Crippen LogP contribution in [0.15, 0.2) is 0 Å². The lowest BCUT2D eigenvalue weighted by atomic mass is 9.44. The Balaban J connectivity index is 1.45. The Bertz CT molecular complexity index is 743. The van der Waals surface area contributed by atoms with Gasteiger partial charge in [-0.15, -0.1) is 0 Å². The molecule has 0 aromatic carbocycles. The highest BCUT2D eigenvalue weighted by molar-refractivity contribution is 7.88. The van der Waals surface area contributed by atoms with Crippen LogP contribution in [-0.2, 0) is 10.0 Å². The van der Waals surface area contributed by atoms with Crippen molar-refractivity contribution in [2.45, 2.75) is 84.6 Å². The maximum absolute atomic E-state index is 11.6. The number of fused-ring (bicyclic) bond motifs is 5. The largest absolute Gasteiger partial charge is 0.329 e. The van der Waals surface area contributed by atoms with Gasteiger partial charge < -0.3 is 11.1 Å². The second-order valence-corrected chi connectivity index (χ2v) is 14.0. The zero-order valence-corrected chi connectivity index (χ0v) is 21.1. The maximum atomic E-state index is 11.6. The molecule has 4 N–H and O–H groups in total. The van der Waals surface area contributed by atoms with Crippen molar-refractivity contribution >= 4 is 10.0 Å². The van der Waals surface area contributed by atoms with Crippen molar-refractivity contribution < 1.29 is 8.42 Å². The van der Waals surface area contributed by atoms with Gasteiger partial charge in [0.25, 0.3) is 0 Å². The van der Waals surface area contributed by atoms with Gasteiger partial charge in [0.15, 0.2) is 0 Å². The van der Waals surface area contributed by atoms with E-state index in [9.17, 15) is 8.42 Å². The number of hydrogen-bond donors (Lipinski definition) is 3. The summed E-state index contributed by atoms with van der Waals surface area (Å²) in [7, 11) is -3.11. The lowest BCUT2D eigenvalue weighted by Crippen LogP contribution is -2.55. The van der Waals surface area contributed by atoms with Crippen LogP contribution in [0, 0.1) is 46.3 Å². The molecule has 31 heavy (non-hydrogen) atoms. The molecule has 0 saturated heterocycles. The van der Waals surface area contributed by atoms with Crippen LogP contribution in [0.5, 0.6) is 0 Å². The molecule has 4 aliphatic carbocycles. The predicted octanol–water partition coefficient (Wildman–Crippen LogP) is 3.75. The quantitative estimate of drug-likeness (QED) is 0.548. The molecule has 5 unspecified atom stereocenters. The molecule has 4 rings (SSSR count). The summed E-state index contributed by atoms with van der Waals surface area (Å²) in [5, 5.41) is 3.70. The lowest BCUT2D eigenvalue weighted by molar-refractivity contribution is -0.117. The summed E-state index contributed by atoms with van der Waals surface area (Å²) in [6.07, 6.45) is 13.5. The highest BCUT2D eigenvalue weighted by Gasteiger charge is 2.60. The summed E-state index contributed by atoms with van der Waals surface area (Å²) in [5.41, 5.74) is 6.64. The van der Waals surface area contributed by atoms with E-state index in [0.717, 1.165) is 36.8 Å². The van der Waals surface area contributed by atoms with Gasteiger partial charge in [-0.2, -0.15) is 0 Å². The summed E-state index contributed by atoms with van der Waals surface area (Å²) in [4.78, 5) is 0. The zero-order chi connectivity index (χ0) is 22.4. The van der Waals surface area contributed by atoms with Crippen molar-refractivity contribution in [1.82, 2.24) is 10.0 Å². The fraction of sp³-hybridized carbons (Fsp3) is 1.00. The summed E-state index contributed by atoms with van der Waals surface area (Å²) in [6, 6.07) is 0.672. The molecule has 0 aliphatic heterocycles. The summed E-state index contributed by atoms with van der Waals surface area (Å²) in [5.74, 6) is 4.54. The minimum atomic E-state index is -3.11. The number of nitrogens with one attached hydrogen (secondary N) is 2. The Morgan fingerprint density at radius 1 is 1.00 bits per heavy atom. The summed E-state index contributed by atoms with van der Waals surface area (Å²) in [6.45, 7) is 9.76. The summed E-state index contributed by atoms with van der Waals surface area (Å²) < 4.78 is 26.0. The highest BCUT2D eigenvalue weighted by atomic mass is 32.2. The highest BCUT2D eigenvalue weighted by Crippen LogP contribution is 2.68. The fourth-order valence-electron chi connectivity index (χ4n) is 9.13. The van der Waals surface area contributed by atoms with Gasteiger partial charge in [-0.3, -0.25) is 0 Å². The van der Waals surface area contributed by atoms with Crippen molar-refractivity contribution in [1.29, 1.82) is 0 Å². The van der Waals surface area contributed by atoms with Gasteiger partial charge in [0.2, 0.25) is 10.0 Å². The number of rotatable bonds is 7. The maximum Gasteiger partial charge on any atom is 0.208 e. The van der Waals surface area contributed by atoms with E-state index in [1.54, 1.807) is 0 Å². The third kappa shape index (κ3) is 4.48. The van der Waals surface area contributed by atoms with Crippen molar-refractivity contribution in [2.24, 2.45) is 52.1 Å². The van der Waals surface area contributed by atoms with Gasteiger partial charge in [-0.1, -0.05) is 20.8 Å². The number of nitrogens with two attached hydrogens (primary N) is 1. The molecular weight excluding hydrogens is 406 g/mol. The van der Waals surface area contributed by atoms with Crippen LogP contribution < -0.4 is 15.8 Å². The second-order valence-electron chi connectivity index (χ2n) is 12.2. The molecule has 0 spiro atoms. The molecule has 0 radical (unpaired) electrons. The molecular formula is C25H47N3O2S. The van der Waals surface area contributed by atoms with E-state index >= 15 is 0 Å². The predicted molar refractivity (Wildman–Crippen MR) is 128 cm³/mol. The minimum absolute atomic E-state index is 0.392. The standard InChI is InChI=1S/C25H47N3O2S/c1-17(16-28-31(4,29)30)21-7-8-22-20-6-5-18-15-19(27-14-13-26)9-11-24(18,2)23(20)10-12-25(21,22)3/h17-23,27-28H,5-16,26H2,1-4H3/t17-,18?,19+,20?,21?,22?,23?,24+,25-/m1/s1. The third-order valence-electron chi connectivity index (χ3n) is 10.7. The first kappa shape index (κ1) is 24.0. The third-order valence-corrected chi connectivity index (χ3v) is 11.4. The first-order chi connectivity index (χ1) is 14.6. The van der Waals surface area contributed by atoms with Gasteiger partial charge in [0.05, 0.1) is 6.26 Å². The van der Waals surface area contributed by atoms with Gasteiger partial charge in [0, 0.05) is 25.7 Å². The first-order valence-corrected chi connectivity index (χ1v) is 14.9. The molecule has 0 aromatic rings. The molecule has 4 fully saturated rings.